The summed E-state index contributed by atoms with van der Waals surface area (Å²) in [5.41, 5.74) is 2.25. The number of thiophene rings is 1. The predicted molar refractivity (Wildman–Crippen MR) is 90.1 cm³/mol. The van der Waals surface area contributed by atoms with Gasteiger partial charge in [-0.15, -0.1) is 0 Å². The van der Waals surface area contributed by atoms with Crippen molar-refractivity contribution in [2.24, 2.45) is 0 Å². The van der Waals surface area contributed by atoms with Gasteiger partial charge in [0.1, 0.15) is 0 Å². The molecule has 0 saturated heterocycles. The third-order valence-electron chi connectivity index (χ3n) is 3.58. The van der Waals surface area contributed by atoms with E-state index in [1.807, 2.05) is 35.0 Å². The Morgan fingerprint density at radius 3 is 2.74 bits per heavy atom. The molecule has 0 aliphatic heterocycles. The van der Waals surface area contributed by atoms with Gasteiger partial charge in [0.05, 0.1) is 13.2 Å². The Balaban J connectivity index is 1.60. The second kappa shape index (κ2) is 8.01. The van der Waals surface area contributed by atoms with E-state index in [-0.39, 0.29) is 6.61 Å². The number of aliphatic hydroxyl groups is 1. The maximum absolute atomic E-state index is 9.26. The van der Waals surface area contributed by atoms with E-state index in [0.29, 0.717) is 24.8 Å². The van der Waals surface area contributed by atoms with E-state index in [1.165, 1.54) is 5.56 Å². The van der Waals surface area contributed by atoms with E-state index in [9.17, 15) is 5.11 Å². The molecular weight excluding hydrogens is 310 g/mol. The molecule has 5 nitrogen and oxygen atoms in total. The minimum atomic E-state index is 0.111. The second-order valence-corrected chi connectivity index (χ2v) is 6.04. The Bertz CT molecular complexity index is 698. The highest BCUT2D eigenvalue weighted by Crippen LogP contribution is 2.19. The SMILES string of the molecule is OCCN(CCc1ccccc1)Cc1nc(-c2ccsc2)no1. The summed E-state index contributed by atoms with van der Waals surface area (Å²) in [7, 11) is 0. The first-order valence-corrected chi connectivity index (χ1v) is 8.52. The Morgan fingerprint density at radius 1 is 1.13 bits per heavy atom. The van der Waals surface area contributed by atoms with Crippen molar-refractivity contribution < 1.29 is 9.63 Å². The molecule has 0 spiro atoms. The number of hydrogen-bond donors (Lipinski definition) is 1. The summed E-state index contributed by atoms with van der Waals surface area (Å²) >= 11 is 1.61. The van der Waals surface area contributed by atoms with E-state index < -0.39 is 0 Å². The van der Waals surface area contributed by atoms with Crippen molar-refractivity contribution in [3.05, 3.63) is 58.6 Å². The quantitative estimate of drug-likeness (QED) is 0.688. The highest BCUT2D eigenvalue weighted by atomic mass is 32.1. The zero-order chi connectivity index (χ0) is 15.9. The molecule has 0 radical (unpaired) electrons. The molecule has 0 unspecified atom stereocenters. The first-order chi connectivity index (χ1) is 11.3. The molecule has 1 aromatic carbocycles. The van der Waals surface area contributed by atoms with Crippen molar-refractivity contribution in [3.8, 4) is 11.4 Å². The van der Waals surface area contributed by atoms with Crippen LogP contribution < -0.4 is 0 Å². The third kappa shape index (κ3) is 4.48. The van der Waals surface area contributed by atoms with Crippen molar-refractivity contribution in [1.29, 1.82) is 0 Å². The van der Waals surface area contributed by atoms with Crippen LogP contribution in [0.3, 0.4) is 0 Å². The predicted octanol–water partition coefficient (Wildman–Crippen LogP) is 2.84. The molecule has 0 bridgehead atoms. The lowest BCUT2D eigenvalue weighted by Gasteiger charge is -2.19. The topological polar surface area (TPSA) is 62.4 Å². The molecule has 0 fully saturated rings. The van der Waals surface area contributed by atoms with Gasteiger partial charge in [0, 0.05) is 24.0 Å². The molecule has 0 aliphatic carbocycles. The summed E-state index contributed by atoms with van der Waals surface area (Å²) in [6.45, 7) is 2.08. The number of aromatic nitrogens is 2. The van der Waals surface area contributed by atoms with E-state index in [2.05, 4.69) is 27.2 Å². The zero-order valence-corrected chi connectivity index (χ0v) is 13.6. The van der Waals surface area contributed by atoms with Crippen LogP contribution >= 0.6 is 11.3 Å². The van der Waals surface area contributed by atoms with E-state index in [0.717, 1.165) is 18.5 Å². The second-order valence-electron chi connectivity index (χ2n) is 5.26. The largest absolute Gasteiger partial charge is 0.395 e. The average Bonchev–Trinajstić information content (AvgIpc) is 3.25. The van der Waals surface area contributed by atoms with Gasteiger partial charge in [-0.25, -0.2) is 0 Å². The highest BCUT2D eigenvalue weighted by Gasteiger charge is 2.13. The molecule has 2 aromatic heterocycles. The summed E-state index contributed by atoms with van der Waals surface area (Å²) in [4.78, 5) is 6.56. The normalized spacial score (nSPS) is 11.2. The Morgan fingerprint density at radius 2 is 2.00 bits per heavy atom. The Labute approximate surface area is 139 Å². The summed E-state index contributed by atoms with van der Waals surface area (Å²) in [5, 5.41) is 17.3. The Kier molecular flexibility index (Phi) is 5.52. The van der Waals surface area contributed by atoms with Crippen LogP contribution in [0.2, 0.25) is 0 Å². The number of benzene rings is 1. The van der Waals surface area contributed by atoms with Crippen LogP contribution in [0.25, 0.3) is 11.4 Å². The molecule has 3 rings (SSSR count). The standard InChI is InChI=1S/C17H19N3O2S/c21-10-9-20(8-6-14-4-2-1-3-5-14)12-16-18-17(19-22-16)15-7-11-23-13-15/h1-5,7,11,13,21H,6,8-10,12H2. The molecule has 0 amide bonds. The monoisotopic (exact) mass is 329 g/mol. The lowest BCUT2D eigenvalue weighted by molar-refractivity contribution is 0.175. The molecule has 0 aliphatic rings. The lowest BCUT2D eigenvalue weighted by Crippen LogP contribution is -2.28. The fourth-order valence-electron chi connectivity index (χ4n) is 2.36. The van der Waals surface area contributed by atoms with Crippen LogP contribution in [0.1, 0.15) is 11.5 Å². The lowest BCUT2D eigenvalue weighted by atomic mass is 10.1. The third-order valence-corrected chi connectivity index (χ3v) is 4.27. The Hall–Kier alpha value is -2.02. The molecule has 0 saturated carbocycles. The van der Waals surface area contributed by atoms with Gasteiger partial charge < -0.3 is 9.63 Å². The fraction of sp³-hybridized carbons (Fsp3) is 0.294. The minimum absolute atomic E-state index is 0.111. The molecule has 1 N–H and O–H groups in total. The van der Waals surface area contributed by atoms with Crippen LogP contribution in [0.15, 0.2) is 51.7 Å². The van der Waals surface area contributed by atoms with E-state index in [4.69, 9.17) is 4.52 Å². The van der Waals surface area contributed by atoms with Crippen LogP contribution in [0.4, 0.5) is 0 Å². The molecule has 23 heavy (non-hydrogen) atoms. The molecule has 2 heterocycles. The molecule has 0 atom stereocenters. The van der Waals surface area contributed by atoms with E-state index in [1.54, 1.807) is 11.3 Å². The maximum atomic E-state index is 9.26. The van der Waals surface area contributed by atoms with Crippen LogP contribution in [0.5, 0.6) is 0 Å². The van der Waals surface area contributed by atoms with Gasteiger partial charge in [0.25, 0.3) is 0 Å². The van der Waals surface area contributed by atoms with E-state index >= 15 is 0 Å². The van der Waals surface area contributed by atoms with Crippen molar-refractivity contribution in [2.75, 3.05) is 19.7 Å². The number of aliphatic hydroxyl groups excluding tert-OH is 1. The van der Waals surface area contributed by atoms with Gasteiger partial charge in [-0.3, -0.25) is 4.90 Å². The number of hydrogen-bond acceptors (Lipinski definition) is 6. The van der Waals surface area contributed by atoms with Crippen molar-refractivity contribution >= 4 is 11.3 Å². The zero-order valence-electron chi connectivity index (χ0n) is 12.8. The van der Waals surface area contributed by atoms with Crippen LogP contribution in [0, 0.1) is 0 Å². The van der Waals surface area contributed by atoms with Crippen molar-refractivity contribution in [2.45, 2.75) is 13.0 Å². The van der Waals surface area contributed by atoms with Gasteiger partial charge in [-0.05, 0) is 23.4 Å². The fourth-order valence-corrected chi connectivity index (χ4v) is 3.00. The highest BCUT2D eigenvalue weighted by molar-refractivity contribution is 7.08. The molecule has 6 heteroatoms. The van der Waals surface area contributed by atoms with Crippen LogP contribution in [-0.2, 0) is 13.0 Å². The molecular formula is C17H19N3O2S. The first-order valence-electron chi connectivity index (χ1n) is 7.57. The smallest absolute Gasteiger partial charge is 0.241 e. The minimum Gasteiger partial charge on any atom is -0.395 e. The molecule has 120 valence electrons. The van der Waals surface area contributed by atoms with Gasteiger partial charge >= 0.3 is 0 Å². The van der Waals surface area contributed by atoms with Gasteiger partial charge in [0.15, 0.2) is 0 Å². The van der Waals surface area contributed by atoms with Crippen LogP contribution in [-0.4, -0.2) is 39.8 Å². The molecule has 3 aromatic rings. The first kappa shape index (κ1) is 15.9. The van der Waals surface area contributed by atoms with Gasteiger partial charge in [-0.1, -0.05) is 35.5 Å². The van der Waals surface area contributed by atoms with Crippen molar-refractivity contribution in [3.63, 3.8) is 0 Å². The van der Waals surface area contributed by atoms with Gasteiger partial charge in [0.2, 0.25) is 11.7 Å². The maximum Gasteiger partial charge on any atom is 0.241 e. The summed E-state index contributed by atoms with van der Waals surface area (Å²) in [5.74, 6) is 1.20. The van der Waals surface area contributed by atoms with Crippen molar-refractivity contribution in [1.82, 2.24) is 15.0 Å². The average molecular weight is 329 g/mol. The van der Waals surface area contributed by atoms with Gasteiger partial charge in [-0.2, -0.15) is 16.3 Å². The summed E-state index contributed by atoms with van der Waals surface area (Å²) < 4.78 is 5.34. The summed E-state index contributed by atoms with van der Waals surface area (Å²) in [6.07, 6.45) is 0.923. The number of rotatable bonds is 8. The summed E-state index contributed by atoms with van der Waals surface area (Å²) in [6, 6.07) is 12.3. The number of nitrogens with zero attached hydrogens (tertiary/aromatic N) is 3.